The van der Waals surface area contributed by atoms with Gasteiger partial charge in [0.05, 0.1) is 12.2 Å². The third kappa shape index (κ3) is 4.56. The van der Waals surface area contributed by atoms with Gasteiger partial charge in [-0.2, -0.15) is 0 Å². The lowest BCUT2D eigenvalue weighted by Gasteiger charge is -2.12. The molecule has 158 valence electrons. The van der Waals surface area contributed by atoms with Crippen molar-refractivity contribution in [1.29, 1.82) is 0 Å². The molecule has 2 aromatic carbocycles. The second-order valence-electron chi connectivity index (χ2n) is 8.24. The van der Waals surface area contributed by atoms with Crippen LogP contribution in [0, 0.1) is 5.92 Å². The Morgan fingerprint density at radius 1 is 0.900 bits per heavy atom. The van der Waals surface area contributed by atoms with Crippen LogP contribution < -0.4 is 10.1 Å². The van der Waals surface area contributed by atoms with Gasteiger partial charge in [0.2, 0.25) is 0 Å². The monoisotopic (exact) mass is 406 g/mol. The number of nitrogens with one attached hydrogen (secondary N) is 1. The van der Waals surface area contributed by atoms with E-state index < -0.39 is 0 Å². The summed E-state index contributed by atoms with van der Waals surface area (Å²) in [5, 5.41) is 3.19. The van der Waals surface area contributed by atoms with Crippen molar-refractivity contribution in [2.45, 2.75) is 40.5 Å². The maximum Gasteiger partial charge on any atom is 0.278 e. The predicted octanol–water partition coefficient (Wildman–Crippen LogP) is 5.06. The largest absolute Gasteiger partial charge is 0.493 e. The zero-order valence-corrected chi connectivity index (χ0v) is 18.4. The van der Waals surface area contributed by atoms with E-state index in [1.54, 1.807) is 6.92 Å². The van der Waals surface area contributed by atoms with Crippen molar-refractivity contribution in [1.82, 2.24) is 4.90 Å². The van der Waals surface area contributed by atoms with Gasteiger partial charge < -0.3 is 10.1 Å². The van der Waals surface area contributed by atoms with Crippen LogP contribution in [0.4, 0.5) is 5.69 Å². The lowest BCUT2D eigenvalue weighted by molar-refractivity contribution is -0.136. The average molecular weight is 407 g/mol. The van der Waals surface area contributed by atoms with Gasteiger partial charge in [0.15, 0.2) is 0 Å². The second kappa shape index (κ2) is 9.16. The van der Waals surface area contributed by atoms with Crippen molar-refractivity contribution in [3.63, 3.8) is 0 Å². The van der Waals surface area contributed by atoms with E-state index in [0.717, 1.165) is 11.4 Å². The van der Waals surface area contributed by atoms with Gasteiger partial charge in [-0.05, 0) is 54.2 Å². The van der Waals surface area contributed by atoms with E-state index >= 15 is 0 Å². The van der Waals surface area contributed by atoms with Gasteiger partial charge >= 0.3 is 0 Å². The standard InChI is InChI=1S/C25H30N2O3/c1-6-27-24(28)22(19-9-13-21(14-10-19)30-15-16(2)3)23(25(27)29)26-20-11-7-18(8-12-20)17(4)5/h7-14,16-17,26H,6,15H2,1-5H3. The maximum absolute atomic E-state index is 13.0. The number of ether oxygens (including phenoxy) is 1. The summed E-state index contributed by atoms with van der Waals surface area (Å²) in [5.74, 6) is 1.02. The van der Waals surface area contributed by atoms with Gasteiger partial charge in [0.1, 0.15) is 11.4 Å². The molecule has 0 radical (unpaired) electrons. The Morgan fingerprint density at radius 2 is 1.53 bits per heavy atom. The minimum Gasteiger partial charge on any atom is -0.493 e. The lowest BCUT2D eigenvalue weighted by Crippen LogP contribution is -2.32. The third-order valence-corrected chi connectivity index (χ3v) is 5.06. The highest BCUT2D eigenvalue weighted by Gasteiger charge is 2.38. The molecule has 1 aliphatic heterocycles. The zero-order valence-electron chi connectivity index (χ0n) is 18.4. The minimum atomic E-state index is -0.300. The number of benzene rings is 2. The van der Waals surface area contributed by atoms with Crippen LogP contribution in [-0.2, 0) is 9.59 Å². The molecular formula is C25H30N2O3. The van der Waals surface area contributed by atoms with E-state index in [9.17, 15) is 9.59 Å². The summed E-state index contributed by atoms with van der Waals surface area (Å²) in [7, 11) is 0. The first-order valence-corrected chi connectivity index (χ1v) is 10.5. The SMILES string of the molecule is CCN1C(=O)C(Nc2ccc(C(C)C)cc2)=C(c2ccc(OCC(C)C)cc2)C1=O. The van der Waals surface area contributed by atoms with E-state index in [4.69, 9.17) is 4.74 Å². The van der Waals surface area contributed by atoms with E-state index in [-0.39, 0.29) is 11.8 Å². The number of imide groups is 1. The number of nitrogens with zero attached hydrogens (tertiary/aromatic N) is 1. The molecule has 1 N–H and O–H groups in total. The Labute approximate surface area is 178 Å². The van der Waals surface area contributed by atoms with E-state index in [1.165, 1.54) is 10.5 Å². The fourth-order valence-corrected chi connectivity index (χ4v) is 3.32. The zero-order chi connectivity index (χ0) is 21.8. The van der Waals surface area contributed by atoms with Gasteiger partial charge in [-0.1, -0.05) is 52.0 Å². The third-order valence-electron chi connectivity index (χ3n) is 5.06. The number of amides is 2. The number of rotatable bonds is 8. The van der Waals surface area contributed by atoms with Crippen LogP contribution in [0.1, 0.15) is 51.7 Å². The maximum atomic E-state index is 13.0. The molecule has 0 bridgehead atoms. The molecule has 2 amide bonds. The number of carbonyl (C=O) groups excluding carboxylic acids is 2. The molecule has 0 fully saturated rings. The van der Waals surface area contributed by atoms with Gasteiger partial charge in [0, 0.05) is 12.2 Å². The van der Waals surface area contributed by atoms with Gasteiger partial charge in [-0.15, -0.1) is 0 Å². The summed E-state index contributed by atoms with van der Waals surface area (Å²) >= 11 is 0. The van der Waals surface area contributed by atoms with Gasteiger partial charge in [0.25, 0.3) is 11.8 Å². The summed E-state index contributed by atoms with van der Waals surface area (Å²) < 4.78 is 5.73. The van der Waals surface area contributed by atoms with Crippen LogP contribution in [0.2, 0.25) is 0 Å². The summed E-state index contributed by atoms with van der Waals surface area (Å²) in [6.45, 7) is 11.2. The highest BCUT2D eigenvalue weighted by atomic mass is 16.5. The Hall–Kier alpha value is -3.08. The van der Waals surface area contributed by atoms with Crippen molar-refractivity contribution in [2.75, 3.05) is 18.5 Å². The number of hydrogen-bond donors (Lipinski definition) is 1. The van der Waals surface area contributed by atoms with Gasteiger partial charge in [-0.25, -0.2) is 0 Å². The smallest absolute Gasteiger partial charge is 0.278 e. The minimum absolute atomic E-state index is 0.278. The molecule has 2 aromatic rings. The van der Waals surface area contributed by atoms with E-state index in [0.29, 0.717) is 41.8 Å². The van der Waals surface area contributed by atoms with Crippen molar-refractivity contribution in [3.8, 4) is 5.75 Å². The summed E-state index contributed by atoms with van der Waals surface area (Å²) in [6, 6.07) is 15.3. The molecule has 1 heterocycles. The molecule has 1 aliphatic rings. The van der Waals surface area contributed by atoms with Crippen LogP contribution in [0.15, 0.2) is 54.2 Å². The van der Waals surface area contributed by atoms with Crippen molar-refractivity contribution in [2.24, 2.45) is 5.92 Å². The van der Waals surface area contributed by atoms with Crippen LogP contribution >= 0.6 is 0 Å². The van der Waals surface area contributed by atoms with Crippen molar-refractivity contribution >= 4 is 23.1 Å². The number of likely N-dealkylation sites (N-methyl/N-ethyl adjacent to an activating group) is 1. The van der Waals surface area contributed by atoms with Crippen LogP contribution in [-0.4, -0.2) is 29.9 Å². The molecule has 5 nitrogen and oxygen atoms in total. The Morgan fingerprint density at radius 3 is 2.07 bits per heavy atom. The fraction of sp³-hybridized carbons (Fsp3) is 0.360. The molecule has 3 rings (SSSR count). The van der Waals surface area contributed by atoms with E-state index in [1.807, 2.05) is 48.5 Å². The second-order valence-corrected chi connectivity index (χ2v) is 8.24. The number of carbonyl (C=O) groups is 2. The molecule has 0 aliphatic carbocycles. The highest BCUT2D eigenvalue weighted by molar-refractivity contribution is 6.36. The topological polar surface area (TPSA) is 58.6 Å². The van der Waals surface area contributed by atoms with E-state index in [2.05, 4.69) is 33.0 Å². The van der Waals surface area contributed by atoms with Crippen LogP contribution in [0.3, 0.4) is 0 Å². The molecule has 0 unspecified atom stereocenters. The molecule has 5 heteroatoms. The summed E-state index contributed by atoms with van der Waals surface area (Å²) in [6.07, 6.45) is 0. The lowest BCUT2D eigenvalue weighted by atomic mass is 10.0. The normalized spacial score (nSPS) is 14.3. The summed E-state index contributed by atoms with van der Waals surface area (Å²) in [5.41, 5.74) is 3.40. The van der Waals surface area contributed by atoms with Crippen molar-refractivity contribution < 1.29 is 14.3 Å². The number of anilines is 1. The first-order chi connectivity index (χ1) is 14.3. The fourth-order valence-electron chi connectivity index (χ4n) is 3.32. The van der Waals surface area contributed by atoms with Crippen LogP contribution in [0.5, 0.6) is 5.75 Å². The quantitative estimate of drug-likeness (QED) is 0.623. The molecule has 0 saturated carbocycles. The molecule has 0 aromatic heterocycles. The first-order valence-electron chi connectivity index (χ1n) is 10.5. The van der Waals surface area contributed by atoms with Crippen LogP contribution in [0.25, 0.3) is 5.57 Å². The highest BCUT2D eigenvalue weighted by Crippen LogP contribution is 2.31. The Bertz CT molecular complexity index is 941. The molecule has 0 atom stereocenters. The predicted molar refractivity (Wildman–Crippen MR) is 120 cm³/mol. The molecular weight excluding hydrogens is 376 g/mol. The van der Waals surface area contributed by atoms with Crippen molar-refractivity contribution in [3.05, 3.63) is 65.4 Å². The number of hydrogen-bond acceptors (Lipinski definition) is 4. The molecule has 0 spiro atoms. The molecule has 30 heavy (non-hydrogen) atoms. The average Bonchev–Trinajstić information content (AvgIpc) is 2.96. The summed E-state index contributed by atoms with van der Waals surface area (Å²) in [4.78, 5) is 27.1. The molecule has 0 saturated heterocycles. The Kier molecular flexibility index (Phi) is 6.60. The Balaban J connectivity index is 1.93. The van der Waals surface area contributed by atoms with Gasteiger partial charge in [-0.3, -0.25) is 14.5 Å². The first kappa shape index (κ1) is 21.6.